The highest BCUT2D eigenvalue weighted by molar-refractivity contribution is 5.24. The van der Waals surface area contributed by atoms with Gasteiger partial charge in [-0.15, -0.1) is 10.2 Å². The van der Waals surface area contributed by atoms with E-state index in [1.807, 2.05) is 0 Å². The van der Waals surface area contributed by atoms with Gasteiger partial charge in [0, 0.05) is 0 Å². The number of rotatable bonds is 3. The van der Waals surface area contributed by atoms with E-state index in [9.17, 15) is 0 Å². The van der Waals surface area contributed by atoms with Crippen molar-refractivity contribution in [3.63, 3.8) is 0 Å². The molecule has 1 atom stereocenters. The van der Waals surface area contributed by atoms with Gasteiger partial charge in [0.25, 0.3) is 0 Å². The Labute approximate surface area is 107 Å². The molecule has 0 amide bonds. The van der Waals surface area contributed by atoms with Crippen LogP contribution in [0.5, 0.6) is 0 Å². The fraction of sp³-hybridized carbons (Fsp3) is 0.571. The van der Waals surface area contributed by atoms with Crippen LogP contribution >= 0.6 is 0 Å². The zero-order chi connectivity index (χ0) is 12.2. The molecule has 0 bridgehead atoms. The van der Waals surface area contributed by atoms with E-state index >= 15 is 0 Å². The minimum atomic E-state index is 0.260. The molecule has 0 spiro atoms. The maximum Gasteiger partial charge on any atom is 0.233 e. The van der Waals surface area contributed by atoms with Crippen molar-refractivity contribution < 1.29 is 4.42 Å². The van der Waals surface area contributed by atoms with Gasteiger partial charge in [-0.2, -0.15) is 0 Å². The predicted molar refractivity (Wildman–Crippen MR) is 69.1 cm³/mol. The van der Waals surface area contributed by atoms with Crippen molar-refractivity contribution >= 4 is 0 Å². The first kappa shape index (κ1) is 11.7. The van der Waals surface area contributed by atoms with Crippen molar-refractivity contribution in [1.82, 2.24) is 15.5 Å². The van der Waals surface area contributed by atoms with E-state index in [0.717, 1.165) is 44.0 Å². The van der Waals surface area contributed by atoms with Crippen molar-refractivity contribution in [3.8, 4) is 0 Å². The molecule has 0 saturated carbocycles. The molecule has 1 aliphatic carbocycles. The standard InChI is InChI=1S/C14H19N3O/c1-2-6-11(7-3-1)10-13-16-17-14(18-13)12-8-4-5-9-15-12/h2,6-7,12,15H,1,3-5,8-10H2. The van der Waals surface area contributed by atoms with Crippen LogP contribution in [0.4, 0.5) is 0 Å². The van der Waals surface area contributed by atoms with E-state index in [-0.39, 0.29) is 6.04 Å². The topological polar surface area (TPSA) is 51.0 Å². The van der Waals surface area contributed by atoms with E-state index < -0.39 is 0 Å². The van der Waals surface area contributed by atoms with Gasteiger partial charge in [0.15, 0.2) is 0 Å². The first-order valence-electron chi connectivity index (χ1n) is 6.83. The van der Waals surface area contributed by atoms with Crippen LogP contribution in [0.25, 0.3) is 0 Å². The second-order valence-corrected chi connectivity index (χ2v) is 4.97. The SMILES string of the molecule is C1=CC(Cc2nnc(C3CCCCN3)o2)=CCC1. The molecule has 1 N–H and O–H groups in total. The summed E-state index contributed by atoms with van der Waals surface area (Å²) in [4.78, 5) is 0. The molecule has 1 aliphatic heterocycles. The molecule has 1 aromatic heterocycles. The second-order valence-electron chi connectivity index (χ2n) is 4.97. The zero-order valence-electron chi connectivity index (χ0n) is 10.6. The van der Waals surface area contributed by atoms with Crippen LogP contribution in [0, 0.1) is 0 Å². The Morgan fingerprint density at radius 2 is 2.28 bits per heavy atom. The monoisotopic (exact) mass is 245 g/mol. The third-order valence-corrected chi connectivity index (χ3v) is 3.52. The van der Waals surface area contributed by atoms with Crippen LogP contribution in [0.2, 0.25) is 0 Å². The van der Waals surface area contributed by atoms with E-state index in [4.69, 9.17) is 4.42 Å². The van der Waals surface area contributed by atoms with Gasteiger partial charge < -0.3 is 9.73 Å². The lowest BCUT2D eigenvalue weighted by molar-refractivity contribution is 0.330. The van der Waals surface area contributed by atoms with Gasteiger partial charge in [0.2, 0.25) is 11.8 Å². The summed E-state index contributed by atoms with van der Waals surface area (Å²) in [6, 6.07) is 0.260. The molecular weight excluding hydrogens is 226 g/mol. The Morgan fingerprint density at radius 3 is 3.06 bits per heavy atom. The predicted octanol–water partition coefficient (Wildman–Crippen LogP) is 2.70. The zero-order valence-corrected chi connectivity index (χ0v) is 10.6. The molecule has 1 aromatic rings. The van der Waals surface area contributed by atoms with E-state index in [0.29, 0.717) is 0 Å². The average molecular weight is 245 g/mol. The normalized spacial score (nSPS) is 24.0. The van der Waals surface area contributed by atoms with Crippen LogP contribution in [0.3, 0.4) is 0 Å². The smallest absolute Gasteiger partial charge is 0.233 e. The van der Waals surface area contributed by atoms with Crippen LogP contribution in [0.1, 0.15) is 49.9 Å². The molecule has 2 heterocycles. The van der Waals surface area contributed by atoms with Crippen molar-refractivity contribution in [2.75, 3.05) is 6.54 Å². The molecule has 4 nitrogen and oxygen atoms in total. The number of nitrogens with one attached hydrogen (secondary N) is 1. The van der Waals surface area contributed by atoms with Gasteiger partial charge in [-0.25, -0.2) is 0 Å². The molecule has 1 saturated heterocycles. The fourth-order valence-electron chi connectivity index (χ4n) is 2.51. The number of aromatic nitrogens is 2. The molecule has 1 fully saturated rings. The van der Waals surface area contributed by atoms with Crippen molar-refractivity contribution in [1.29, 1.82) is 0 Å². The summed E-state index contributed by atoms with van der Waals surface area (Å²) < 4.78 is 5.77. The lowest BCUT2D eigenvalue weighted by atomic mass is 10.0. The van der Waals surface area contributed by atoms with Gasteiger partial charge in [-0.05, 0) is 37.8 Å². The molecule has 96 valence electrons. The minimum Gasteiger partial charge on any atom is -0.423 e. The Kier molecular flexibility index (Phi) is 3.55. The highest BCUT2D eigenvalue weighted by Gasteiger charge is 2.20. The highest BCUT2D eigenvalue weighted by Crippen LogP contribution is 2.22. The number of nitrogens with zero attached hydrogens (tertiary/aromatic N) is 2. The van der Waals surface area contributed by atoms with Crippen molar-refractivity contribution in [2.24, 2.45) is 0 Å². The lowest BCUT2D eigenvalue weighted by Gasteiger charge is -2.19. The van der Waals surface area contributed by atoms with Gasteiger partial charge in [-0.1, -0.05) is 24.6 Å². The number of hydrogen-bond donors (Lipinski definition) is 1. The van der Waals surface area contributed by atoms with Gasteiger partial charge in [0.1, 0.15) is 0 Å². The lowest BCUT2D eigenvalue weighted by Crippen LogP contribution is -2.26. The summed E-state index contributed by atoms with van der Waals surface area (Å²) in [5.74, 6) is 1.49. The quantitative estimate of drug-likeness (QED) is 0.889. The molecule has 1 unspecified atom stereocenters. The average Bonchev–Trinajstić information content (AvgIpc) is 2.89. The number of hydrogen-bond acceptors (Lipinski definition) is 4. The summed E-state index contributed by atoms with van der Waals surface area (Å²) in [6.45, 7) is 1.05. The molecule has 4 heteroatoms. The van der Waals surface area contributed by atoms with Gasteiger partial charge >= 0.3 is 0 Å². The van der Waals surface area contributed by atoms with Crippen molar-refractivity contribution in [2.45, 2.75) is 44.6 Å². The Hall–Kier alpha value is -1.42. The highest BCUT2D eigenvalue weighted by atomic mass is 16.4. The maximum atomic E-state index is 5.77. The van der Waals surface area contributed by atoms with Crippen molar-refractivity contribution in [3.05, 3.63) is 35.6 Å². The summed E-state index contributed by atoms with van der Waals surface area (Å²) in [7, 11) is 0. The third kappa shape index (κ3) is 2.70. The van der Waals surface area contributed by atoms with Crippen LogP contribution in [0.15, 0.2) is 28.2 Å². The first-order chi connectivity index (χ1) is 8.92. The molecule has 0 radical (unpaired) electrons. The summed E-state index contributed by atoms with van der Waals surface area (Å²) in [5.41, 5.74) is 1.29. The largest absolute Gasteiger partial charge is 0.423 e. The van der Waals surface area contributed by atoms with E-state index in [2.05, 4.69) is 33.7 Å². The minimum absolute atomic E-state index is 0.260. The molecule has 18 heavy (non-hydrogen) atoms. The summed E-state index contributed by atoms with van der Waals surface area (Å²) in [6.07, 6.45) is 13.2. The Morgan fingerprint density at radius 1 is 1.28 bits per heavy atom. The molecule has 0 aromatic carbocycles. The van der Waals surface area contributed by atoms with E-state index in [1.54, 1.807) is 0 Å². The molecular formula is C14H19N3O. The third-order valence-electron chi connectivity index (χ3n) is 3.52. The Balaban J connectivity index is 1.65. The van der Waals surface area contributed by atoms with Crippen LogP contribution in [-0.2, 0) is 6.42 Å². The Bertz CT molecular complexity index is 455. The number of allylic oxidation sites excluding steroid dienone is 4. The van der Waals surface area contributed by atoms with Crippen LogP contribution < -0.4 is 5.32 Å². The van der Waals surface area contributed by atoms with E-state index in [1.165, 1.54) is 18.4 Å². The summed E-state index contributed by atoms with van der Waals surface area (Å²) >= 11 is 0. The number of piperidine rings is 1. The molecule has 2 aliphatic rings. The van der Waals surface area contributed by atoms with Gasteiger partial charge in [-0.3, -0.25) is 0 Å². The second kappa shape index (κ2) is 5.48. The fourth-order valence-corrected chi connectivity index (χ4v) is 2.51. The summed E-state index contributed by atoms with van der Waals surface area (Å²) in [5, 5.41) is 11.8. The first-order valence-corrected chi connectivity index (χ1v) is 6.83. The maximum absolute atomic E-state index is 5.77. The van der Waals surface area contributed by atoms with Gasteiger partial charge in [0.05, 0.1) is 12.5 Å². The van der Waals surface area contributed by atoms with Crippen LogP contribution in [-0.4, -0.2) is 16.7 Å². The molecule has 3 rings (SSSR count).